The summed E-state index contributed by atoms with van der Waals surface area (Å²) in [6, 6.07) is 4.76. The molecule has 7 heteroatoms. The zero-order valence-electron chi connectivity index (χ0n) is 14.1. The quantitative estimate of drug-likeness (QED) is 0.593. The molecule has 0 spiro atoms. The molecule has 0 fully saturated rings. The van der Waals surface area contributed by atoms with E-state index in [-0.39, 0.29) is 5.69 Å². The number of hydrogen-bond donors (Lipinski definition) is 0. The van der Waals surface area contributed by atoms with Crippen LogP contribution >= 0.6 is 27.5 Å². The Morgan fingerprint density at radius 1 is 1.00 bits per heavy atom. The molecule has 23 heavy (non-hydrogen) atoms. The molecular weight excluding hydrogens is 386 g/mol. The van der Waals surface area contributed by atoms with Crippen molar-refractivity contribution in [2.24, 2.45) is 0 Å². The second kappa shape index (κ2) is 7.09. The Balaban J connectivity index is 3.28. The molecule has 0 bridgehead atoms. The first-order valence-electron chi connectivity index (χ1n) is 7.01. The highest BCUT2D eigenvalue weighted by Crippen LogP contribution is 2.31. The van der Waals surface area contributed by atoms with Crippen LogP contribution in [0.25, 0.3) is 0 Å². The summed E-state index contributed by atoms with van der Waals surface area (Å²) >= 11 is 9.30. The van der Waals surface area contributed by atoms with E-state index < -0.39 is 23.4 Å². The van der Waals surface area contributed by atoms with Gasteiger partial charge in [-0.05, 0) is 75.7 Å². The molecule has 2 amide bonds. The van der Waals surface area contributed by atoms with E-state index in [1.165, 1.54) is 6.07 Å². The molecule has 0 heterocycles. The number of imide groups is 1. The lowest BCUT2D eigenvalue weighted by atomic mass is 10.2. The van der Waals surface area contributed by atoms with Gasteiger partial charge < -0.3 is 9.47 Å². The Kier molecular flexibility index (Phi) is 6.10. The zero-order valence-corrected chi connectivity index (χ0v) is 16.4. The number of carbonyl (C=O) groups is 2. The lowest BCUT2D eigenvalue weighted by molar-refractivity contribution is 0.0430. The van der Waals surface area contributed by atoms with Gasteiger partial charge in [0.15, 0.2) is 0 Å². The van der Waals surface area contributed by atoms with Gasteiger partial charge in [-0.3, -0.25) is 0 Å². The summed E-state index contributed by atoms with van der Waals surface area (Å²) in [4.78, 5) is 25.8. The second-order valence-corrected chi connectivity index (χ2v) is 8.18. The fraction of sp³-hybridized carbons (Fsp3) is 0.500. The minimum atomic E-state index is -0.838. The van der Waals surface area contributed by atoms with Crippen LogP contribution in [0.1, 0.15) is 41.5 Å². The largest absolute Gasteiger partial charge is 0.443 e. The van der Waals surface area contributed by atoms with Crippen LogP contribution in [0.2, 0.25) is 5.02 Å². The Morgan fingerprint density at radius 2 is 1.43 bits per heavy atom. The van der Waals surface area contributed by atoms with Gasteiger partial charge in [0.1, 0.15) is 11.2 Å². The highest BCUT2D eigenvalue weighted by molar-refractivity contribution is 9.10. The average Bonchev–Trinajstić information content (AvgIpc) is 2.29. The Morgan fingerprint density at radius 3 is 1.83 bits per heavy atom. The lowest BCUT2D eigenvalue weighted by Gasteiger charge is -2.29. The third-order valence-electron chi connectivity index (χ3n) is 2.30. The average molecular weight is 407 g/mol. The molecule has 1 rings (SSSR count). The molecule has 0 radical (unpaired) electrons. The van der Waals surface area contributed by atoms with Gasteiger partial charge in [0.25, 0.3) is 0 Å². The molecule has 5 nitrogen and oxygen atoms in total. The normalized spacial score (nSPS) is 11.8. The van der Waals surface area contributed by atoms with E-state index in [9.17, 15) is 9.59 Å². The van der Waals surface area contributed by atoms with E-state index in [4.69, 9.17) is 21.1 Å². The third kappa shape index (κ3) is 6.39. The van der Waals surface area contributed by atoms with E-state index in [0.717, 1.165) is 4.90 Å². The van der Waals surface area contributed by atoms with Crippen molar-refractivity contribution in [3.05, 3.63) is 27.7 Å². The number of ether oxygens (including phenoxy) is 2. The first-order chi connectivity index (χ1) is 10.3. The number of nitrogens with zero attached hydrogens (tertiary/aromatic N) is 1. The van der Waals surface area contributed by atoms with Gasteiger partial charge in [0.2, 0.25) is 0 Å². The molecule has 0 aliphatic rings. The predicted molar refractivity (Wildman–Crippen MR) is 94.1 cm³/mol. The number of anilines is 1. The molecule has 0 unspecified atom stereocenters. The molecule has 0 aromatic heterocycles. The summed E-state index contributed by atoms with van der Waals surface area (Å²) in [5.41, 5.74) is -1.27. The fourth-order valence-electron chi connectivity index (χ4n) is 1.54. The van der Waals surface area contributed by atoms with Gasteiger partial charge in [-0.15, -0.1) is 0 Å². The van der Waals surface area contributed by atoms with Gasteiger partial charge in [-0.1, -0.05) is 11.6 Å². The van der Waals surface area contributed by atoms with Crippen molar-refractivity contribution in [1.29, 1.82) is 0 Å². The van der Waals surface area contributed by atoms with E-state index >= 15 is 0 Å². The van der Waals surface area contributed by atoms with Crippen molar-refractivity contribution in [3.63, 3.8) is 0 Å². The summed E-state index contributed by atoms with van der Waals surface area (Å²) in [6.45, 7) is 10.3. The highest BCUT2D eigenvalue weighted by Gasteiger charge is 2.33. The van der Waals surface area contributed by atoms with Crippen LogP contribution in [0, 0.1) is 0 Å². The summed E-state index contributed by atoms with van der Waals surface area (Å²) in [5, 5.41) is 0.375. The SMILES string of the molecule is CC(C)(C)OC(=O)N(C(=O)OC(C)(C)C)c1cc(Cl)ccc1Br. The van der Waals surface area contributed by atoms with Gasteiger partial charge in [0, 0.05) is 9.50 Å². The van der Waals surface area contributed by atoms with Gasteiger partial charge >= 0.3 is 12.2 Å². The van der Waals surface area contributed by atoms with Crippen molar-refractivity contribution >= 4 is 45.4 Å². The predicted octanol–water partition coefficient (Wildman–Crippen LogP) is 5.78. The lowest BCUT2D eigenvalue weighted by Crippen LogP contribution is -2.44. The van der Waals surface area contributed by atoms with Crippen molar-refractivity contribution in [2.75, 3.05) is 4.90 Å². The maximum Gasteiger partial charge on any atom is 0.424 e. The molecule has 0 aliphatic carbocycles. The van der Waals surface area contributed by atoms with Gasteiger partial charge in [0.05, 0.1) is 5.69 Å². The second-order valence-electron chi connectivity index (χ2n) is 6.89. The summed E-state index contributed by atoms with van der Waals surface area (Å²) in [7, 11) is 0. The topological polar surface area (TPSA) is 55.8 Å². The molecule has 0 saturated heterocycles. The third-order valence-corrected chi connectivity index (χ3v) is 3.21. The molecule has 0 saturated carbocycles. The van der Waals surface area contributed by atoms with Crippen LogP contribution in [0.4, 0.5) is 15.3 Å². The van der Waals surface area contributed by atoms with Crippen LogP contribution in [0.3, 0.4) is 0 Å². The number of halogens is 2. The van der Waals surface area contributed by atoms with Crippen LogP contribution in [0.5, 0.6) is 0 Å². The molecule has 0 N–H and O–H groups in total. The number of hydrogen-bond acceptors (Lipinski definition) is 4. The molecular formula is C16H21BrClNO4. The molecule has 0 atom stereocenters. The minimum absolute atomic E-state index is 0.251. The maximum atomic E-state index is 12.5. The molecule has 128 valence electrons. The Hall–Kier alpha value is -1.27. The monoisotopic (exact) mass is 405 g/mol. The van der Waals surface area contributed by atoms with Crippen molar-refractivity contribution in [3.8, 4) is 0 Å². The first kappa shape index (κ1) is 19.8. The van der Waals surface area contributed by atoms with Crippen molar-refractivity contribution in [2.45, 2.75) is 52.7 Å². The fourth-order valence-corrected chi connectivity index (χ4v) is 2.13. The van der Waals surface area contributed by atoms with Crippen LogP contribution in [0.15, 0.2) is 22.7 Å². The zero-order chi connectivity index (χ0) is 18.0. The van der Waals surface area contributed by atoms with Crippen molar-refractivity contribution < 1.29 is 19.1 Å². The summed E-state index contributed by atoms with van der Waals surface area (Å²) in [6.07, 6.45) is -1.68. The van der Waals surface area contributed by atoms with Gasteiger partial charge in [-0.2, -0.15) is 4.90 Å². The molecule has 0 aliphatic heterocycles. The number of rotatable bonds is 1. The van der Waals surface area contributed by atoms with Crippen molar-refractivity contribution in [1.82, 2.24) is 0 Å². The Labute approximate surface area is 150 Å². The molecule has 1 aromatic rings. The van der Waals surface area contributed by atoms with Crippen LogP contribution in [-0.2, 0) is 9.47 Å². The van der Waals surface area contributed by atoms with E-state index in [0.29, 0.717) is 9.50 Å². The first-order valence-corrected chi connectivity index (χ1v) is 8.18. The number of carbonyl (C=O) groups excluding carboxylic acids is 2. The van der Waals surface area contributed by atoms with E-state index in [1.807, 2.05) is 0 Å². The number of benzene rings is 1. The minimum Gasteiger partial charge on any atom is -0.443 e. The summed E-state index contributed by atoms with van der Waals surface area (Å²) in [5.74, 6) is 0. The van der Waals surface area contributed by atoms with Crippen LogP contribution < -0.4 is 4.90 Å². The van der Waals surface area contributed by atoms with Gasteiger partial charge in [-0.25, -0.2) is 9.59 Å². The molecule has 1 aromatic carbocycles. The highest BCUT2D eigenvalue weighted by atomic mass is 79.9. The van der Waals surface area contributed by atoms with Crippen LogP contribution in [-0.4, -0.2) is 23.4 Å². The van der Waals surface area contributed by atoms with E-state index in [1.54, 1.807) is 53.7 Å². The van der Waals surface area contributed by atoms with E-state index in [2.05, 4.69) is 15.9 Å². The number of amides is 2. The summed E-state index contributed by atoms with van der Waals surface area (Å²) < 4.78 is 11.1. The Bertz CT molecular complexity index is 577. The maximum absolute atomic E-state index is 12.5. The standard InChI is InChI=1S/C16H21BrClNO4/c1-15(2,3)22-13(20)19(14(21)23-16(4,5)6)12-9-10(18)7-8-11(12)17/h7-9H,1-6H3. The smallest absolute Gasteiger partial charge is 0.424 e.